The zero-order valence-corrected chi connectivity index (χ0v) is 6.46. The highest BCUT2D eigenvalue weighted by molar-refractivity contribution is 14.1. The third-order valence-electron chi connectivity index (χ3n) is 1.20. The maximum Gasteiger partial charge on any atom is 0.170 e. The minimum atomic E-state index is -0.591. The summed E-state index contributed by atoms with van der Waals surface area (Å²) in [6.45, 7) is 0.668. The average molecular weight is 229 g/mol. The number of aliphatic hydroxyl groups is 1. The summed E-state index contributed by atoms with van der Waals surface area (Å²) in [6.07, 6.45) is 0.316. The van der Waals surface area contributed by atoms with Crippen molar-refractivity contribution < 1.29 is 9.84 Å². The molecule has 3 nitrogen and oxygen atoms in total. The zero-order chi connectivity index (χ0) is 5.98. The Labute approximate surface area is 61.9 Å². The molecule has 0 spiro atoms. The van der Waals surface area contributed by atoms with Gasteiger partial charge in [0.25, 0.3) is 0 Å². The van der Waals surface area contributed by atoms with Crippen LogP contribution in [0.5, 0.6) is 0 Å². The molecule has 0 saturated carbocycles. The van der Waals surface area contributed by atoms with E-state index in [4.69, 9.17) is 9.84 Å². The number of halogens is 1. The maximum atomic E-state index is 8.90. The highest BCUT2D eigenvalue weighted by atomic mass is 127. The smallest absolute Gasteiger partial charge is 0.170 e. The van der Waals surface area contributed by atoms with Crippen LogP contribution in [0.3, 0.4) is 0 Å². The normalized spacial score (nSPS) is 38.2. The van der Waals surface area contributed by atoms with E-state index < -0.39 is 6.29 Å². The molecule has 1 rings (SSSR count). The Kier molecular flexibility index (Phi) is 2.48. The second kappa shape index (κ2) is 2.95. The van der Waals surface area contributed by atoms with Gasteiger partial charge in [-0.25, -0.2) is 0 Å². The third kappa shape index (κ3) is 1.31. The van der Waals surface area contributed by atoms with Gasteiger partial charge in [-0.3, -0.25) is 3.53 Å². The number of aliphatic hydroxyl groups excluding tert-OH is 1. The predicted octanol–water partition coefficient (Wildman–Crippen LogP) is 0.0333. The second-order valence-corrected chi connectivity index (χ2v) is 2.39. The Bertz CT molecular complexity index is 80.4. The van der Waals surface area contributed by atoms with Crippen molar-refractivity contribution in [3.05, 3.63) is 0 Å². The summed E-state index contributed by atoms with van der Waals surface area (Å²) >= 11 is 2.01. The van der Waals surface area contributed by atoms with Crippen LogP contribution in [-0.4, -0.2) is 24.0 Å². The van der Waals surface area contributed by atoms with E-state index in [1.807, 2.05) is 22.9 Å². The fourth-order valence-corrected chi connectivity index (χ4v) is 1.30. The first-order valence-electron chi connectivity index (χ1n) is 2.50. The minimum Gasteiger partial charge on any atom is -0.367 e. The lowest BCUT2D eigenvalue weighted by atomic mass is 10.3. The maximum absolute atomic E-state index is 8.90. The Hall–Kier alpha value is 0.610. The Morgan fingerprint density at radius 1 is 1.75 bits per heavy atom. The molecule has 8 heavy (non-hydrogen) atoms. The molecule has 0 aliphatic carbocycles. The predicted molar refractivity (Wildman–Crippen MR) is 37.5 cm³/mol. The van der Waals surface area contributed by atoms with Crippen LogP contribution in [0.15, 0.2) is 0 Å². The molecule has 2 N–H and O–H groups in total. The lowest BCUT2D eigenvalue weighted by Gasteiger charge is -2.08. The van der Waals surface area contributed by atoms with E-state index in [2.05, 4.69) is 3.53 Å². The Morgan fingerprint density at radius 3 is 2.75 bits per heavy atom. The molecule has 0 aromatic carbocycles. The molecular weight excluding hydrogens is 221 g/mol. The first kappa shape index (κ1) is 6.73. The molecule has 0 aromatic rings. The Morgan fingerprint density at radius 2 is 2.50 bits per heavy atom. The monoisotopic (exact) mass is 229 g/mol. The van der Waals surface area contributed by atoms with Crippen LogP contribution in [0.1, 0.15) is 6.42 Å². The summed E-state index contributed by atoms with van der Waals surface area (Å²) in [5.74, 6) is 0. The standard InChI is InChI=1S/C4H8INO2/c5-6-3-1-2-8-4(3)7/h3-4,6-7H,1-2H2/t3-,4?/m0/s1. The molecule has 1 heterocycles. The van der Waals surface area contributed by atoms with Gasteiger partial charge in [-0.1, -0.05) is 0 Å². The number of nitrogens with one attached hydrogen (secondary N) is 1. The summed E-state index contributed by atoms with van der Waals surface area (Å²) < 4.78 is 7.75. The van der Waals surface area contributed by atoms with Crippen molar-refractivity contribution in [1.82, 2.24) is 3.53 Å². The summed E-state index contributed by atoms with van der Waals surface area (Å²) in [5.41, 5.74) is 0. The van der Waals surface area contributed by atoms with E-state index in [1.165, 1.54) is 0 Å². The molecule has 2 atom stereocenters. The molecule has 0 radical (unpaired) electrons. The Balaban J connectivity index is 2.30. The molecule has 1 saturated heterocycles. The fraction of sp³-hybridized carbons (Fsp3) is 1.00. The van der Waals surface area contributed by atoms with Gasteiger partial charge in [0.2, 0.25) is 0 Å². The van der Waals surface area contributed by atoms with Crippen molar-refractivity contribution in [3.8, 4) is 0 Å². The largest absolute Gasteiger partial charge is 0.367 e. The van der Waals surface area contributed by atoms with Gasteiger partial charge < -0.3 is 9.84 Å². The van der Waals surface area contributed by atoms with Crippen molar-refractivity contribution in [3.63, 3.8) is 0 Å². The summed E-state index contributed by atoms with van der Waals surface area (Å²) in [6, 6.07) is 0.135. The van der Waals surface area contributed by atoms with E-state index in [0.29, 0.717) is 6.61 Å². The quantitative estimate of drug-likeness (QED) is 0.492. The number of hydrogen-bond acceptors (Lipinski definition) is 3. The highest BCUT2D eigenvalue weighted by Gasteiger charge is 2.24. The molecule has 1 unspecified atom stereocenters. The van der Waals surface area contributed by atoms with Gasteiger partial charge in [-0.2, -0.15) is 0 Å². The van der Waals surface area contributed by atoms with Gasteiger partial charge in [-0.15, -0.1) is 0 Å². The van der Waals surface area contributed by atoms with Gasteiger partial charge >= 0.3 is 0 Å². The first-order valence-corrected chi connectivity index (χ1v) is 3.58. The molecule has 0 amide bonds. The van der Waals surface area contributed by atoms with Crippen molar-refractivity contribution >= 4 is 22.9 Å². The molecule has 4 heteroatoms. The van der Waals surface area contributed by atoms with Crippen LogP contribution in [0.4, 0.5) is 0 Å². The SMILES string of the molecule is OC1OCC[C@@H]1NI. The summed E-state index contributed by atoms with van der Waals surface area (Å²) in [5, 5.41) is 8.90. The summed E-state index contributed by atoms with van der Waals surface area (Å²) in [4.78, 5) is 0. The van der Waals surface area contributed by atoms with Crippen LogP contribution in [0.25, 0.3) is 0 Å². The second-order valence-electron chi connectivity index (χ2n) is 1.77. The van der Waals surface area contributed by atoms with Crippen LogP contribution < -0.4 is 3.53 Å². The highest BCUT2D eigenvalue weighted by Crippen LogP contribution is 2.10. The van der Waals surface area contributed by atoms with Gasteiger partial charge in [0.05, 0.1) is 12.6 Å². The van der Waals surface area contributed by atoms with Gasteiger partial charge in [0.1, 0.15) is 0 Å². The minimum absolute atomic E-state index is 0.135. The van der Waals surface area contributed by atoms with Crippen LogP contribution in [0, 0.1) is 0 Å². The third-order valence-corrected chi connectivity index (χ3v) is 2.00. The molecule has 1 fully saturated rings. The van der Waals surface area contributed by atoms with Gasteiger partial charge in [0.15, 0.2) is 6.29 Å². The molecular formula is C4H8INO2. The summed E-state index contributed by atoms with van der Waals surface area (Å²) in [7, 11) is 0. The van der Waals surface area contributed by atoms with Crippen LogP contribution >= 0.6 is 22.9 Å². The first-order chi connectivity index (χ1) is 3.84. The van der Waals surface area contributed by atoms with E-state index in [0.717, 1.165) is 6.42 Å². The lowest BCUT2D eigenvalue weighted by molar-refractivity contribution is -0.0676. The zero-order valence-electron chi connectivity index (χ0n) is 4.30. The van der Waals surface area contributed by atoms with Gasteiger partial charge in [-0.05, 0) is 6.42 Å². The van der Waals surface area contributed by atoms with E-state index in [1.54, 1.807) is 0 Å². The molecule has 48 valence electrons. The van der Waals surface area contributed by atoms with E-state index in [-0.39, 0.29) is 6.04 Å². The van der Waals surface area contributed by atoms with Crippen molar-refractivity contribution in [2.75, 3.05) is 6.61 Å². The molecule has 0 aromatic heterocycles. The molecule has 1 aliphatic heterocycles. The number of hydrogen-bond donors (Lipinski definition) is 2. The van der Waals surface area contributed by atoms with Crippen LogP contribution in [0.2, 0.25) is 0 Å². The number of rotatable bonds is 1. The van der Waals surface area contributed by atoms with Crippen molar-refractivity contribution in [1.29, 1.82) is 0 Å². The van der Waals surface area contributed by atoms with Gasteiger partial charge in [0, 0.05) is 22.9 Å². The lowest BCUT2D eigenvalue weighted by Crippen LogP contribution is -2.29. The molecule has 0 bridgehead atoms. The van der Waals surface area contributed by atoms with Crippen molar-refractivity contribution in [2.24, 2.45) is 0 Å². The average Bonchev–Trinajstić information content (AvgIpc) is 2.14. The molecule has 1 aliphatic rings. The number of ether oxygens (including phenoxy) is 1. The van der Waals surface area contributed by atoms with E-state index >= 15 is 0 Å². The van der Waals surface area contributed by atoms with Crippen molar-refractivity contribution in [2.45, 2.75) is 18.8 Å². The van der Waals surface area contributed by atoms with E-state index in [9.17, 15) is 0 Å². The van der Waals surface area contributed by atoms with Crippen LogP contribution in [-0.2, 0) is 4.74 Å². The fourth-order valence-electron chi connectivity index (χ4n) is 0.683. The topological polar surface area (TPSA) is 41.5 Å².